The summed E-state index contributed by atoms with van der Waals surface area (Å²) in [5.74, 6) is 3.63. The number of ether oxygens (including phenoxy) is 2. The number of methoxy groups -OCH3 is 1. The van der Waals surface area contributed by atoms with Crippen molar-refractivity contribution in [2.75, 3.05) is 18.6 Å². The van der Waals surface area contributed by atoms with E-state index in [2.05, 4.69) is 6.07 Å². The van der Waals surface area contributed by atoms with Crippen LogP contribution >= 0.6 is 11.8 Å². The third-order valence-electron chi connectivity index (χ3n) is 2.70. The maximum absolute atomic E-state index is 8.82. The minimum atomic E-state index is 0.260. The van der Waals surface area contributed by atoms with E-state index in [4.69, 9.17) is 14.7 Å². The van der Waals surface area contributed by atoms with Gasteiger partial charge in [-0.25, -0.2) is 0 Å². The molecule has 0 radical (unpaired) electrons. The Morgan fingerprint density at radius 3 is 2.94 bits per heavy atom. The molecular weight excluding hydrogens is 234 g/mol. The molecule has 0 aromatic heterocycles. The minimum absolute atomic E-state index is 0.260. The lowest BCUT2D eigenvalue weighted by Gasteiger charge is -2.23. The summed E-state index contributed by atoms with van der Waals surface area (Å²) in [6, 6.07) is 7.38. The van der Waals surface area contributed by atoms with Gasteiger partial charge in [0.1, 0.15) is 6.10 Å². The monoisotopic (exact) mass is 249 g/mol. The molecule has 0 aliphatic carbocycles. The lowest BCUT2D eigenvalue weighted by atomic mass is 10.2. The fraction of sp³-hybridized carbons (Fsp3) is 0.462. The van der Waals surface area contributed by atoms with E-state index in [1.807, 2.05) is 17.8 Å². The second kappa shape index (κ2) is 5.83. The summed E-state index contributed by atoms with van der Waals surface area (Å²) in [7, 11) is 1.60. The molecule has 0 amide bonds. The Labute approximate surface area is 106 Å². The molecule has 1 saturated heterocycles. The molecule has 1 heterocycles. The van der Waals surface area contributed by atoms with Crippen LogP contribution < -0.4 is 9.47 Å². The van der Waals surface area contributed by atoms with Gasteiger partial charge in [0.2, 0.25) is 0 Å². The molecule has 1 aliphatic rings. The van der Waals surface area contributed by atoms with Crippen molar-refractivity contribution in [2.45, 2.75) is 18.9 Å². The first-order valence-corrected chi connectivity index (χ1v) is 6.81. The first-order valence-electron chi connectivity index (χ1n) is 5.66. The van der Waals surface area contributed by atoms with Gasteiger partial charge in [0.15, 0.2) is 11.5 Å². The van der Waals surface area contributed by atoms with Crippen molar-refractivity contribution in [3.8, 4) is 17.6 Å². The van der Waals surface area contributed by atoms with E-state index in [-0.39, 0.29) is 6.10 Å². The van der Waals surface area contributed by atoms with Crippen molar-refractivity contribution in [3.63, 3.8) is 0 Å². The fourth-order valence-electron chi connectivity index (χ4n) is 1.82. The van der Waals surface area contributed by atoms with E-state index in [1.165, 1.54) is 12.2 Å². The van der Waals surface area contributed by atoms with Crippen LogP contribution in [0.5, 0.6) is 11.5 Å². The van der Waals surface area contributed by atoms with Crippen LogP contribution in [0, 0.1) is 11.3 Å². The van der Waals surface area contributed by atoms with Crippen molar-refractivity contribution in [3.05, 3.63) is 23.8 Å². The van der Waals surface area contributed by atoms with Crippen molar-refractivity contribution in [2.24, 2.45) is 0 Å². The van der Waals surface area contributed by atoms with Crippen LogP contribution in [0.1, 0.15) is 18.4 Å². The largest absolute Gasteiger partial charge is 0.493 e. The lowest BCUT2D eigenvalue weighted by Crippen LogP contribution is -2.23. The first kappa shape index (κ1) is 12.1. The highest BCUT2D eigenvalue weighted by molar-refractivity contribution is 7.99. The molecule has 1 aromatic carbocycles. The molecule has 4 heteroatoms. The summed E-state index contributed by atoms with van der Waals surface area (Å²) in [4.78, 5) is 0. The predicted octanol–water partition coefficient (Wildman–Crippen LogP) is 2.84. The average molecular weight is 249 g/mol. The van der Waals surface area contributed by atoms with Gasteiger partial charge in [0.25, 0.3) is 0 Å². The number of nitrogens with zero attached hydrogens (tertiary/aromatic N) is 1. The van der Waals surface area contributed by atoms with Gasteiger partial charge >= 0.3 is 0 Å². The molecule has 0 bridgehead atoms. The first-order chi connectivity index (χ1) is 8.33. The van der Waals surface area contributed by atoms with Crippen LogP contribution in [0.25, 0.3) is 0 Å². The highest BCUT2D eigenvalue weighted by atomic mass is 32.2. The summed E-state index contributed by atoms with van der Waals surface area (Å²) < 4.78 is 11.2. The van der Waals surface area contributed by atoms with Gasteiger partial charge in [-0.3, -0.25) is 0 Å². The SMILES string of the molecule is COc1cc(C#N)ccc1OC1CCCSC1. The van der Waals surface area contributed by atoms with Crippen molar-refractivity contribution in [1.29, 1.82) is 5.26 Å². The number of rotatable bonds is 3. The molecule has 1 aromatic rings. The van der Waals surface area contributed by atoms with Crippen LogP contribution in [0.2, 0.25) is 0 Å². The summed E-state index contributed by atoms with van der Waals surface area (Å²) in [5.41, 5.74) is 0.590. The van der Waals surface area contributed by atoms with E-state index >= 15 is 0 Å². The van der Waals surface area contributed by atoms with E-state index in [1.54, 1.807) is 19.2 Å². The highest BCUT2D eigenvalue weighted by Gasteiger charge is 2.17. The zero-order valence-electron chi connectivity index (χ0n) is 9.81. The predicted molar refractivity (Wildman–Crippen MR) is 68.7 cm³/mol. The second-order valence-electron chi connectivity index (χ2n) is 3.93. The lowest BCUT2D eigenvalue weighted by molar-refractivity contribution is 0.202. The van der Waals surface area contributed by atoms with E-state index < -0.39 is 0 Å². The standard InChI is InChI=1S/C13H15NO2S/c1-15-13-7-10(8-14)4-5-12(13)16-11-3-2-6-17-9-11/h4-5,7,11H,2-3,6,9H2,1H3. The molecule has 3 nitrogen and oxygen atoms in total. The molecule has 90 valence electrons. The van der Waals surface area contributed by atoms with Crippen LogP contribution in [0.4, 0.5) is 0 Å². The topological polar surface area (TPSA) is 42.2 Å². The number of benzene rings is 1. The van der Waals surface area contributed by atoms with Gasteiger partial charge in [0.05, 0.1) is 18.7 Å². The number of hydrogen-bond donors (Lipinski definition) is 0. The summed E-state index contributed by atoms with van der Waals surface area (Å²) >= 11 is 1.93. The Balaban J connectivity index is 2.11. The molecule has 2 rings (SSSR count). The van der Waals surface area contributed by atoms with Crippen molar-refractivity contribution < 1.29 is 9.47 Å². The van der Waals surface area contributed by atoms with Crippen LogP contribution in [-0.4, -0.2) is 24.7 Å². The fourth-order valence-corrected chi connectivity index (χ4v) is 2.85. The smallest absolute Gasteiger partial charge is 0.162 e. The maximum atomic E-state index is 8.82. The number of nitriles is 1. The van der Waals surface area contributed by atoms with Crippen molar-refractivity contribution >= 4 is 11.8 Å². The van der Waals surface area contributed by atoms with Gasteiger partial charge in [0, 0.05) is 11.8 Å². The number of thioether (sulfide) groups is 1. The molecule has 1 atom stereocenters. The zero-order valence-corrected chi connectivity index (χ0v) is 10.6. The Hall–Kier alpha value is -1.34. The molecule has 0 N–H and O–H groups in total. The number of hydrogen-bond acceptors (Lipinski definition) is 4. The second-order valence-corrected chi connectivity index (χ2v) is 5.08. The minimum Gasteiger partial charge on any atom is -0.493 e. The highest BCUT2D eigenvalue weighted by Crippen LogP contribution is 2.31. The van der Waals surface area contributed by atoms with Crippen LogP contribution in [0.3, 0.4) is 0 Å². The van der Waals surface area contributed by atoms with Gasteiger partial charge in [-0.2, -0.15) is 17.0 Å². The van der Waals surface area contributed by atoms with Gasteiger partial charge in [-0.15, -0.1) is 0 Å². The Bertz CT molecular complexity index is 422. The van der Waals surface area contributed by atoms with E-state index in [9.17, 15) is 0 Å². The molecule has 0 saturated carbocycles. The Kier molecular flexibility index (Phi) is 4.16. The zero-order chi connectivity index (χ0) is 12.1. The summed E-state index contributed by atoms with van der Waals surface area (Å²) in [6.45, 7) is 0. The molecule has 1 fully saturated rings. The normalized spacial score (nSPS) is 19.4. The van der Waals surface area contributed by atoms with E-state index in [0.717, 1.165) is 17.9 Å². The molecule has 17 heavy (non-hydrogen) atoms. The van der Waals surface area contributed by atoms with Crippen molar-refractivity contribution in [1.82, 2.24) is 0 Å². The molecule has 1 aliphatic heterocycles. The van der Waals surface area contributed by atoms with Gasteiger partial charge < -0.3 is 9.47 Å². The molecular formula is C13H15NO2S. The third kappa shape index (κ3) is 3.07. The van der Waals surface area contributed by atoms with Crippen LogP contribution in [0.15, 0.2) is 18.2 Å². The molecule has 0 spiro atoms. The van der Waals surface area contributed by atoms with Gasteiger partial charge in [-0.05, 0) is 30.7 Å². The average Bonchev–Trinajstić information content (AvgIpc) is 2.40. The summed E-state index contributed by atoms with van der Waals surface area (Å²) in [6.07, 6.45) is 2.56. The third-order valence-corrected chi connectivity index (χ3v) is 3.89. The summed E-state index contributed by atoms with van der Waals surface area (Å²) in [5, 5.41) is 8.82. The quantitative estimate of drug-likeness (QED) is 0.826. The van der Waals surface area contributed by atoms with Gasteiger partial charge in [-0.1, -0.05) is 0 Å². The maximum Gasteiger partial charge on any atom is 0.162 e. The molecule has 1 unspecified atom stereocenters. The Morgan fingerprint density at radius 1 is 1.41 bits per heavy atom. The van der Waals surface area contributed by atoms with E-state index in [0.29, 0.717) is 11.3 Å². The Morgan fingerprint density at radius 2 is 2.29 bits per heavy atom. The van der Waals surface area contributed by atoms with Crippen LogP contribution in [-0.2, 0) is 0 Å².